The lowest BCUT2D eigenvalue weighted by Crippen LogP contribution is -2.28. The van der Waals surface area contributed by atoms with Crippen LogP contribution in [0.25, 0.3) is 0 Å². The van der Waals surface area contributed by atoms with E-state index in [1.807, 2.05) is 20.8 Å². The van der Waals surface area contributed by atoms with Crippen LogP contribution in [-0.4, -0.2) is 62.7 Å². The number of hydrogen-bond donors (Lipinski definition) is 1. The molecule has 0 spiro atoms. The molecule has 1 amide bonds. The second kappa shape index (κ2) is 11.3. The number of hydrogen-bond acceptors (Lipinski definition) is 7. The van der Waals surface area contributed by atoms with Gasteiger partial charge in [0.2, 0.25) is 0 Å². The van der Waals surface area contributed by atoms with Crippen LogP contribution in [0.3, 0.4) is 0 Å². The number of esters is 1. The minimum Gasteiger partial charge on any atom is -0.462 e. The standard InChI is InChI=1S/C25H35N3O6S/c1-5-28-22-20(8-6-14-33-15-7-13-26-23(22)29)21(27-28)16-25(2,3)17-34-24(30)18-9-11-19(12-10-18)35(4,31)32/h9-12H,5-8,13-17H2,1-4H3,(H,26,29). The van der Waals surface area contributed by atoms with Gasteiger partial charge in [-0.05, 0) is 50.5 Å². The maximum absolute atomic E-state index is 12.9. The molecular formula is C25H35N3O6S. The average molecular weight is 506 g/mol. The van der Waals surface area contributed by atoms with Crippen molar-refractivity contribution in [3.63, 3.8) is 0 Å². The van der Waals surface area contributed by atoms with Gasteiger partial charge in [-0.1, -0.05) is 13.8 Å². The van der Waals surface area contributed by atoms with Crippen LogP contribution < -0.4 is 5.32 Å². The molecule has 0 saturated heterocycles. The Morgan fingerprint density at radius 3 is 2.54 bits per heavy atom. The Hall–Kier alpha value is -2.72. The van der Waals surface area contributed by atoms with Gasteiger partial charge >= 0.3 is 5.97 Å². The Bertz CT molecular complexity index is 1150. The highest BCUT2D eigenvalue weighted by Crippen LogP contribution is 2.27. The number of sulfone groups is 1. The van der Waals surface area contributed by atoms with E-state index in [0.29, 0.717) is 44.8 Å². The van der Waals surface area contributed by atoms with Crippen molar-refractivity contribution in [3.05, 3.63) is 46.8 Å². The minimum absolute atomic E-state index is 0.121. The molecule has 35 heavy (non-hydrogen) atoms. The van der Waals surface area contributed by atoms with Gasteiger partial charge in [0.1, 0.15) is 5.69 Å². The van der Waals surface area contributed by atoms with Crippen LogP contribution in [0.4, 0.5) is 0 Å². The van der Waals surface area contributed by atoms with Crippen molar-refractivity contribution in [2.75, 3.05) is 32.6 Å². The number of amides is 1. The quantitative estimate of drug-likeness (QED) is 0.575. The molecule has 0 radical (unpaired) electrons. The molecule has 3 rings (SSSR count). The zero-order chi connectivity index (χ0) is 25.6. The lowest BCUT2D eigenvalue weighted by atomic mass is 9.86. The highest BCUT2D eigenvalue weighted by molar-refractivity contribution is 7.90. The number of carbonyl (C=O) groups is 2. The van der Waals surface area contributed by atoms with Crippen molar-refractivity contribution in [2.24, 2.45) is 5.41 Å². The Labute approximate surface area is 207 Å². The number of aromatic nitrogens is 2. The molecule has 1 N–H and O–H groups in total. The Morgan fingerprint density at radius 2 is 1.89 bits per heavy atom. The molecule has 192 valence electrons. The molecule has 0 fully saturated rings. The maximum Gasteiger partial charge on any atom is 0.338 e. The molecule has 1 aliphatic heterocycles. The third-order valence-corrected chi connectivity index (χ3v) is 7.00. The summed E-state index contributed by atoms with van der Waals surface area (Å²) in [5.74, 6) is -0.641. The van der Waals surface area contributed by atoms with E-state index in [4.69, 9.17) is 14.6 Å². The first-order chi connectivity index (χ1) is 16.5. The topological polar surface area (TPSA) is 117 Å². The van der Waals surface area contributed by atoms with E-state index in [9.17, 15) is 18.0 Å². The Morgan fingerprint density at radius 1 is 1.20 bits per heavy atom. The summed E-state index contributed by atoms with van der Waals surface area (Å²) in [6, 6.07) is 5.70. The van der Waals surface area contributed by atoms with Crippen molar-refractivity contribution in [1.82, 2.24) is 15.1 Å². The van der Waals surface area contributed by atoms with Gasteiger partial charge in [-0.15, -0.1) is 0 Å². The van der Waals surface area contributed by atoms with Crippen molar-refractivity contribution in [1.29, 1.82) is 0 Å². The van der Waals surface area contributed by atoms with Gasteiger partial charge in [-0.3, -0.25) is 9.48 Å². The number of benzene rings is 1. The van der Waals surface area contributed by atoms with E-state index in [0.717, 1.165) is 30.4 Å². The van der Waals surface area contributed by atoms with E-state index in [1.165, 1.54) is 24.3 Å². The molecule has 10 heteroatoms. The third-order valence-electron chi connectivity index (χ3n) is 5.87. The van der Waals surface area contributed by atoms with Gasteiger partial charge in [-0.25, -0.2) is 13.2 Å². The van der Waals surface area contributed by atoms with Gasteiger partial charge in [-0.2, -0.15) is 5.10 Å². The number of ether oxygens (including phenoxy) is 2. The number of fused-ring (bicyclic) bond motifs is 1. The fourth-order valence-electron chi connectivity index (χ4n) is 4.04. The number of carbonyl (C=O) groups excluding carboxylic acids is 2. The van der Waals surface area contributed by atoms with E-state index in [2.05, 4.69) is 5.32 Å². The van der Waals surface area contributed by atoms with Crippen LogP contribution in [0.2, 0.25) is 0 Å². The van der Waals surface area contributed by atoms with Gasteiger partial charge in [0.25, 0.3) is 5.91 Å². The van der Waals surface area contributed by atoms with Gasteiger partial charge < -0.3 is 14.8 Å². The summed E-state index contributed by atoms with van der Waals surface area (Å²) in [6.07, 6.45) is 3.88. The zero-order valence-electron chi connectivity index (χ0n) is 20.9. The highest BCUT2D eigenvalue weighted by atomic mass is 32.2. The summed E-state index contributed by atoms with van der Waals surface area (Å²) in [5.41, 5.74) is 2.19. The summed E-state index contributed by atoms with van der Waals surface area (Å²) in [5, 5.41) is 7.72. The molecular weight excluding hydrogens is 470 g/mol. The van der Waals surface area contributed by atoms with E-state index in [-0.39, 0.29) is 23.0 Å². The molecule has 9 nitrogen and oxygen atoms in total. The molecule has 0 aliphatic carbocycles. The van der Waals surface area contributed by atoms with Crippen LogP contribution in [0.15, 0.2) is 29.2 Å². The van der Waals surface area contributed by atoms with Crippen LogP contribution in [0, 0.1) is 5.41 Å². The van der Waals surface area contributed by atoms with E-state index in [1.54, 1.807) is 4.68 Å². The summed E-state index contributed by atoms with van der Waals surface area (Å²) in [7, 11) is -3.34. The van der Waals surface area contributed by atoms with Crippen molar-refractivity contribution < 1.29 is 27.5 Å². The SMILES string of the molecule is CCn1nc(CC(C)(C)COC(=O)c2ccc(S(C)(=O)=O)cc2)c2c1C(=O)NCCCOCCC2. The van der Waals surface area contributed by atoms with Crippen molar-refractivity contribution in [3.8, 4) is 0 Å². The Balaban J connectivity index is 1.74. The fourth-order valence-corrected chi connectivity index (χ4v) is 4.67. The molecule has 0 saturated carbocycles. The smallest absolute Gasteiger partial charge is 0.338 e. The Kier molecular flexibility index (Phi) is 8.71. The van der Waals surface area contributed by atoms with Crippen molar-refractivity contribution >= 4 is 21.7 Å². The molecule has 1 aromatic heterocycles. The third kappa shape index (κ3) is 7.14. The van der Waals surface area contributed by atoms with Gasteiger partial charge in [0, 0.05) is 50.0 Å². The first-order valence-electron chi connectivity index (χ1n) is 11.9. The summed E-state index contributed by atoms with van der Waals surface area (Å²) in [4.78, 5) is 25.6. The number of nitrogens with one attached hydrogen (secondary N) is 1. The minimum atomic E-state index is -3.34. The predicted molar refractivity (Wildman–Crippen MR) is 131 cm³/mol. The van der Waals surface area contributed by atoms with Gasteiger partial charge in [0.15, 0.2) is 9.84 Å². The largest absolute Gasteiger partial charge is 0.462 e. The second-order valence-corrected chi connectivity index (χ2v) is 11.6. The normalized spacial score (nSPS) is 15.6. The van der Waals surface area contributed by atoms with E-state index < -0.39 is 21.2 Å². The fraction of sp³-hybridized carbons (Fsp3) is 0.560. The molecule has 1 aromatic carbocycles. The van der Waals surface area contributed by atoms with Crippen molar-refractivity contribution in [2.45, 2.75) is 57.9 Å². The van der Waals surface area contributed by atoms with Crippen LogP contribution in [-0.2, 0) is 38.7 Å². The summed E-state index contributed by atoms with van der Waals surface area (Å²) >= 11 is 0. The molecule has 1 aliphatic rings. The summed E-state index contributed by atoms with van der Waals surface area (Å²) in [6.45, 7) is 8.45. The second-order valence-electron chi connectivity index (χ2n) is 9.63. The molecule has 0 unspecified atom stereocenters. The average Bonchev–Trinajstić information content (AvgIpc) is 3.13. The zero-order valence-corrected chi connectivity index (χ0v) is 21.7. The highest BCUT2D eigenvalue weighted by Gasteiger charge is 2.29. The lowest BCUT2D eigenvalue weighted by molar-refractivity contribution is 0.0339. The molecule has 2 heterocycles. The van der Waals surface area contributed by atoms with Crippen LogP contribution in [0.1, 0.15) is 65.7 Å². The lowest BCUT2D eigenvalue weighted by Gasteiger charge is -2.24. The summed E-state index contributed by atoms with van der Waals surface area (Å²) < 4.78 is 36.2. The number of rotatable bonds is 7. The molecule has 0 bridgehead atoms. The number of aryl methyl sites for hydroxylation is 1. The molecule has 0 atom stereocenters. The van der Waals surface area contributed by atoms with Crippen LogP contribution in [0.5, 0.6) is 0 Å². The predicted octanol–water partition coefficient (Wildman–Crippen LogP) is 2.81. The number of nitrogens with zero attached hydrogens (tertiary/aromatic N) is 2. The molecule has 2 aromatic rings. The maximum atomic E-state index is 12.9. The van der Waals surface area contributed by atoms with E-state index >= 15 is 0 Å². The first-order valence-corrected chi connectivity index (χ1v) is 13.8. The van der Waals surface area contributed by atoms with Crippen LogP contribution >= 0.6 is 0 Å². The monoisotopic (exact) mass is 505 g/mol. The first kappa shape index (κ1) is 26.9. The van der Waals surface area contributed by atoms with Gasteiger partial charge in [0.05, 0.1) is 22.8 Å².